The summed E-state index contributed by atoms with van der Waals surface area (Å²) in [7, 11) is 1.70. The third kappa shape index (κ3) is 6.55. The second-order valence-electron chi connectivity index (χ2n) is 6.05. The molecule has 2 N–H and O–H groups in total. The van der Waals surface area contributed by atoms with E-state index in [4.69, 9.17) is 9.84 Å². The van der Waals surface area contributed by atoms with Gasteiger partial charge in [0.1, 0.15) is 0 Å². The van der Waals surface area contributed by atoms with E-state index in [0.717, 1.165) is 6.42 Å². The topological polar surface area (TPSA) is 49.7 Å². The fraction of sp³-hybridized carbons (Fsp3) is 0.875. The molecule has 1 unspecified atom stereocenters. The van der Waals surface area contributed by atoms with Gasteiger partial charge in [-0.15, -0.1) is 0 Å². The third-order valence-corrected chi connectivity index (χ3v) is 4.01. The molecule has 0 aliphatic heterocycles. The second kappa shape index (κ2) is 9.51. The average Bonchev–Trinajstić information content (AvgIpc) is 2.38. The zero-order valence-electron chi connectivity index (χ0n) is 13.4. The summed E-state index contributed by atoms with van der Waals surface area (Å²) >= 11 is 0. The molecule has 0 fully saturated rings. The van der Waals surface area contributed by atoms with Gasteiger partial charge in [-0.1, -0.05) is 39.3 Å². The van der Waals surface area contributed by atoms with Gasteiger partial charge in [0.25, 0.3) is 0 Å². The first-order chi connectivity index (χ1) is 8.87. The fourth-order valence-corrected chi connectivity index (χ4v) is 2.61. The summed E-state index contributed by atoms with van der Waals surface area (Å²) in [5.74, 6) is 1.21. The average molecular weight is 272 g/mol. The lowest BCUT2D eigenvalue weighted by Gasteiger charge is -2.26. The van der Waals surface area contributed by atoms with E-state index in [0.29, 0.717) is 11.8 Å². The van der Waals surface area contributed by atoms with Gasteiger partial charge in [0.2, 0.25) is 0 Å². The van der Waals surface area contributed by atoms with Crippen molar-refractivity contribution in [2.75, 3.05) is 20.3 Å². The van der Waals surface area contributed by atoms with Crippen LogP contribution in [0.15, 0.2) is 11.6 Å². The Morgan fingerprint density at radius 2 is 1.68 bits per heavy atom. The molecule has 0 amide bonds. The van der Waals surface area contributed by atoms with Crippen LogP contribution in [0.1, 0.15) is 41.0 Å². The molecular weight excluding hydrogens is 240 g/mol. The third-order valence-electron chi connectivity index (χ3n) is 4.01. The SMILES string of the molecule is CO[C@H](C(C)/C=C(\C)[C@H](C)C[C@@H](C)CO)[C@@H](C)CO. The van der Waals surface area contributed by atoms with Gasteiger partial charge in [-0.2, -0.15) is 0 Å². The van der Waals surface area contributed by atoms with Crippen molar-refractivity contribution in [3.05, 3.63) is 11.6 Å². The maximum absolute atomic E-state index is 9.25. The van der Waals surface area contributed by atoms with Crippen molar-refractivity contribution in [3.63, 3.8) is 0 Å². The molecule has 0 bridgehead atoms. The van der Waals surface area contributed by atoms with Gasteiger partial charge in [0.15, 0.2) is 0 Å². The summed E-state index contributed by atoms with van der Waals surface area (Å²) in [5.41, 5.74) is 1.33. The van der Waals surface area contributed by atoms with Crippen molar-refractivity contribution < 1.29 is 14.9 Å². The normalized spacial score (nSPS) is 20.7. The minimum absolute atomic E-state index is 0.0439. The van der Waals surface area contributed by atoms with Crippen LogP contribution in [0.4, 0.5) is 0 Å². The molecule has 0 aliphatic carbocycles. The molecule has 5 atom stereocenters. The first-order valence-electron chi connectivity index (χ1n) is 7.30. The molecule has 114 valence electrons. The van der Waals surface area contributed by atoms with Crippen LogP contribution >= 0.6 is 0 Å². The summed E-state index contributed by atoms with van der Waals surface area (Å²) in [6, 6.07) is 0. The Kier molecular flexibility index (Phi) is 9.32. The first kappa shape index (κ1) is 18.6. The highest BCUT2D eigenvalue weighted by molar-refractivity contribution is 5.06. The van der Waals surface area contributed by atoms with Crippen molar-refractivity contribution in [1.82, 2.24) is 0 Å². The van der Waals surface area contributed by atoms with Crippen molar-refractivity contribution in [1.29, 1.82) is 0 Å². The second-order valence-corrected chi connectivity index (χ2v) is 6.05. The smallest absolute Gasteiger partial charge is 0.0678 e. The van der Waals surface area contributed by atoms with E-state index in [1.54, 1.807) is 7.11 Å². The molecular formula is C16H32O3. The van der Waals surface area contributed by atoms with Crippen LogP contribution in [-0.4, -0.2) is 36.6 Å². The van der Waals surface area contributed by atoms with Crippen LogP contribution in [0.5, 0.6) is 0 Å². The highest BCUT2D eigenvalue weighted by Crippen LogP contribution is 2.24. The van der Waals surface area contributed by atoms with Crippen LogP contribution in [0.2, 0.25) is 0 Å². The number of aliphatic hydroxyl groups is 2. The number of methoxy groups -OCH3 is 1. The van der Waals surface area contributed by atoms with Gasteiger partial charge in [0, 0.05) is 32.2 Å². The number of hydrogen-bond acceptors (Lipinski definition) is 3. The molecule has 0 rings (SSSR count). The molecule has 0 aromatic rings. The lowest BCUT2D eigenvalue weighted by molar-refractivity contribution is 0.0103. The zero-order valence-corrected chi connectivity index (χ0v) is 13.4. The quantitative estimate of drug-likeness (QED) is 0.635. The number of ether oxygens (including phenoxy) is 1. The summed E-state index contributed by atoms with van der Waals surface area (Å²) in [6.45, 7) is 10.9. The van der Waals surface area contributed by atoms with Gasteiger partial charge in [0.05, 0.1) is 6.10 Å². The first-order valence-corrected chi connectivity index (χ1v) is 7.30. The molecule has 0 saturated carbocycles. The van der Waals surface area contributed by atoms with Gasteiger partial charge in [-0.05, 0) is 25.2 Å². The molecule has 0 heterocycles. The minimum Gasteiger partial charge on any atom is -0.396 e. The number of hydrogen-bond donors (Lipinski definition) is 2. The summed E-state index contributed by atoms with van der Waals surface area (Å²) in [4.78, 5) is 0. The van der Waals surface area contributed by atoms with Gasteiger partial charge >= 0.3 is 0 Å². The zero-order chi connectivity index (χ0) is 15.0. The summed E-state index contributed by atoms with van der Waals surface area (Å²) in [6.07, 6.45) is 3.29. The Balaban J connectivity index is 4.62. The van der Waals surface area contributed by atoms with Gasteiger partial charge in [-0.25, -0.2) is 0 Å². The Morgan fingerprint density at radius 3 is 2.11 bits per heavy atom. The van der Waals surface area contributed by atoms with E-state index < -0.39 is 0 Å². The molecule has 0 aromatic carbocycles. The highest BCUT2D eigenvalue weighted by atomic mass is 16.5. The Labute approximate surface area is 118 Å². The van der Waals surface area contributed by atoms with E-state index in [1.807, 2.05) is 6.92 Å². The molecule has 19 heavy (non-hydrogen) atoms. The van der Waals surface area contributed by atoms with Crippen LogP contribution in [-0.2, 0) is 4.74 Å². The van der Waals surface area contributed by atoms with Crippen LogP contribution < -0.4 is 0 Å². The lowest BCUT2D eigenvalue weighted by atomic mass is 9.87. The van der Waals surface area contributed by atoms with Crippen LogP contribution in [0.3, 0.4) is 0 Å². The molecule has 0 aliphatic rings. The number of rotatable bonds is 9. The molecule has 0 aromatic heterocycles. The maximum Gasteiger partial charge on any atom is 0.0678 e. The molecule has 3 heteroatoms. The maximum atomic E-state index is 9.25. The molecule has 3 nitrogen and oxygen atoms in total. The van der Waals surface area contributed by atoms with E-state index in [1.165, 1.54) is 5.57 Å². The van der Waals surface area contributed by atoms with Crippen molar-refractivity contribution in [3.8, 4) is 0 Å². The lowest BCUT2D eigenvalue weighted by Crippen LogP contribution is -2.29. The van der Waals surface area contributed by atoms with Crippen molar-refractivity contribution in [2.45, 2.75) is 47.1 Å². The van der Waals surface area contributed by atoms with Crippen LogP contribution in [0, 0.1) is 23.7 Å². The van der Waals surface area contributed by atoms with E-state index in [-0.39, 0.29) is 31.2 Å². The number of allylic oxidation sites excluding steroid dienone is 1. The minimum atomic E-state index is 0.0439. The highest BCUT2D eigenvalue weighted by Gasteiger charge is 2.22. The molecule has 0 radical (unpaired) electrons. The monoisotopic (exact) mass is 272 g/mol. The Morgan fingerprint density at radius 1 is 1.11 bits per heavy atom. The van der Waals surface area contributed by atoms with E-state index in [9.17, 15) is 5.11 Å². The standard InChI is InChI=1S/C16H32O3/c1-11(9-17)7-12(2)13(3)8-14(4)16(19-6)15(5)10-18/h8,11-12,14-18H,7,9-10H2,1-6H3/b13-8+/t11-,12-,14?,15+,16-/m1/s1. The summed E-state index contributed by atoms with van der Waals surface area (Å²) < 4.78 is 5.50. The largest absolute Gasteiger partial charge is 0.396 e. The predicted molar refractivity (Wildman–Crippen MR) is 80.0 cm³/mol. The Bertz CT molecular complexity index is 263. The predicted octanol–water partition coefficient (Wildman–Crippen LogP) is 2.87. The van der Waals surface area contributed by atoms with Crippen LogP contribution in [0.25, 0.3) is 0 Å². The van der Waals surface area contributed by atoms with E-state index in [2.05, 4.69) is 33.8 Å². The summed E-state index contributed by atoms with van der Waals surface area (Å²) in [5, 5.41) is 18.4. The molecule has 0 spiro atoms. The van der Waals surface area contributed by atoms with Gasteiger partial charge in [-0.3, -0.25) is 0 Å². The molecule has 0 saturated heterocycles. The van der Waals surface area contributed by atoms with E-state index >= 15 is 0 Å². The van der Waals surface area contributed by atoms with Gasteiger partial charge < -0.3 is 14.9 Å². The Hall–Kier alpha value is -0.380. The fourth-order valence-electron chi connectivity index (χ4n) is 2.61. The van der Waals surface area contributed by atoms with Crippen molar-refractivity contribution in [2.24, 2.45) is 23.7 Å². The number of aliphatic hydroxyl groups excluding tert-OH is 2. The van der Waals surface area contributed by atoms with Crippen molar-refractivity contribution >= 4 is 0 Å².